The van der Waals surface area contributed by atoms with Gasteiger partial charge in [0.2, 0.25) is 0 Å². The van der Waals surface area contributed by atoms with Gasteiger partial charge in [-0.3, -0.25) is 9.69 Å². The van der Waals surface area contributed by atoms with Crippen molar-refractivity contribution in [3.8, 4) is 0 Å². The molecule has 7 nitrogen and oxygen atoms in total. The summed E-state index contributed by atoms with van der Waals surface area (Å²) in [5, 5.41) is 6.37. The highest BCUT2D eigenvalue weighted by atomic mass is 16.5. The number of morpholine rings is 1. The van der Waals surface area contributed by atoms with Crippen LogP contribution in [0.1, 0.15) is 36.1 Å². The molecule has 3 aliphatic heterocycles. The van der Waals surface area contributed by atoms with E-state index in [0.29, 0.717) is 11.3 Å². The zero-order valence-corrected chi connectivity index (χ0v) is 17.1. The minimum Gasteiger partial charge on any atom is -0.484 e. The fraction of sp³-hybridized carbons (Fsp3) is 0.391. The first-order valence-electron chi connectivity index (χ1n) is 10.6. The Morgan fingerprint density at radius 2 is 2.07 bits per heavy atom. The average molecular weight is 406 g/mol. The normalized spacial score (nSPS) is 23.0. The minimum atomic E-state index is -0.124. The molecular weight excluding hydrogens is 380 g/mol. The van der Waals surface area contributed by atoms with Crippen LogP contribution >= 0.6 is 0 Å². The predicted molar refractivity (Wildman–Crippen MR) is 116 cm³/mol. The second-order valence-corrected chi connectivity index (χ2v) is 7.76. The Morgan fingerprint density at radius 1 is 1.23 bits per heavy atom. The number of carbonyl (C=O) groups is 1. The van der Waals surface area contributed by atoms with E-state index in [2.05, 4.69) is 33.5 Å². The number of pyridine rings is 1. The number of benzene rings is 1. The summed E-state index contributed by atoms with van der Waals surface area (Å²) in [4.78, 5) is 19.7. The van der Waals surface area contributed by atoms with E-state index in [1.807, 2.05) is 30.5 Å². The highest BCUT2D eigenvalue weighted by molar-refractivity contribution is 6.36. The van der Waals surface area contributed by atoms with Crippen molar-refractivity contribution in [3.63, 3.8) is 0 Å². The number of hydrogen-bond acceptors (Lipinski definition) is 6. The van der Waals surface area contributed by atoms with Crippen LogP contribution in [0.25, 0.3) is 11.3 Å². The van der Waals surface area contributed by atoms with Crippen LogP contribution in [0.5, 0.6) is 0 Å². The number of nitrogens with zero attached hydrogens (tertiary/aromatic N) is 2. The molecule has 0 radical (unpaired) electrons. The number of para-hydroxylation sites is 1. The molecule has 1 aromatic carbocycles. The molecule has 156 valence electrons. The van der Waals surface area contributed by atoms with Crippen LogP contribution in [-0.4, -0.2) is 55.2 Å². The largest absolute Gasteiger partial charge is 0.484 e. The van der Waals surface area contributed by atoms with Gasteiger partial charge in [0.25, 0.3) is 5.91 Å². The summed E-state index contributed by atoms with van der Waals surface area (Å²) in [7, 11) is 0. The average Bonchev–Trinajstić information content (AvgIpc) is 3.30. The zero-order valence-electron chi connectivity index (χ0n) is 17.1. The number of fused-ring (bicyclic) bond motifs is 2. The lowest BCUT2D eigenvalue weighted by atomic mass is 10.00. The van der Waals surface area contributed by atoms with Gasteiger partial charge in [0, 0.05) is 54.8 Å². The van der Waals surface area contributed by atoms with Crippen LogP contribution in [0.4, 0.5) is 11.5 Å². The maximum Gasteiger partial charge on any atom is 0.260 e. The van der Waals surface area contributed by atoms with Gasteiger partial charge in [-0.1, -0.05) is 25.1 Å². The van der Waals surface area contributed by atoms with E-state index < -0.39 is 0 Å². The smallest absolute Gasteiger partial charge is 0.260 e. The number of anilines is 2. The van der Waals surface area contributed by atoms with Crippen LogP contribution in [0.2, 0.25) is 0 Å². The lowest BCUT2D eigenvalue weighted by Gasteiger charge is -2.26. The number of rotatable bonds is 5. The van der Waals surface area contributed by atoms with Crippen molar-refractivity contribution in [2.75, 3.05) is 50.0 Å². The number of nitrogens with one attached hydrogen (secondary N) is 2. The Bertz CT molecular complexity index is 998. The highest BCUT2D eigenvalue weighted by Crippen LogP contribution is 2.46. The Balaban J connectivity index is 1.40. The first-order valence-corrected chi connectivity index (χ1v) is 10.6. The maximum absolute atomic E-state index is 12.7. The minimum absolute atomic E-state index is 0.0779. The summed E-state index contributed by atoms with van der Waals surface area (Å²) >= 11 is 0. The van der Waals surface area contributed by atoms with Gasteiger partial charge in [0.05, 0.1) is 18.8 Å². The molecule has 0 bridgehead atoms. The van der Waals surface area contributed by atoms with Gasteiger partial charge in [-0.2, -0.15) is 0 Å². The fourth-order valence-electron chi connectivity index (χ4n) is 4.30. The lowest BCUT2D eigenvalue weighted by molar-refractivity contribution is -0.110. The standard InChI is InChI=1S/C23H26N4O3/c1-2-19-16-13-20(24-7-8-27-9-11-29-12-10-27)25-14-17(16)22(30-19)21-15-5-3-4-6-18(15)26-23(21)28/h3-6,13-14,19H,2,7-12H2,1H3,(H,24,25)(H,26,28). The van der Waals surface area contributed by atoms with Crippen LogP contribution < -0.4 is 10.6 Å². The monoisotopic (exact) mass is 406 g/mol. The van der Waals surface area contributed by atoms with Gasteiger partial charge in [-0.15, -0.1) is 0 Å². The molecule has 0 saturated carbocycles. The molecular formula is C23H26N4O3. The summed E-state index contributed by atoms with van der Waals surface area (Å²) in [6.07, 6.45) is 2.58. The summed E-state index contributed by atoms with van der Waals surface area (Å²) in [5.41, 5.74) is 4.29. The molecule has 1 saturated heterocycles. The number of aromatic nitrogens is 1. The van der Waals surface area contributed by atoms with Crippen LogP contribution in [-0.2, 0) is 14.3 Å². The molecule has 7 heteroatoms. The quantitative estimate of drug-likeness (QED) is 0.743. The maximum atomic E-state index is 12.7. The van der Waals surface area contributed by atoms with Gasteiger partial charge in [0.15, 0.2) is 0 Å². The van der Waals surface area contributed by atoms with E-state index in [1.54, 1.807) is 0 Å². The number of hydrogen-bond donors (Lipinski definition) is 2. The zero-order chi connectivity index (χ0) is 20.5. The van der Waals surface area contributed by atoms with Crippen molar-refractivity contribution < 1.29 is 14.3 Å². The van der Waals surface area contributed by atoms with Crippen molar-refractivity contribution in [1.29, 1.82) is 0 Å². The predicted octanol–water partition coefficient (Wildman–Crippen LogP) is 3.13. The summed E-state index contributed by atoms with van der Waals surface area (Å²) < 4.78 is 11.7. The Hall–Kier alpha value is -2.90. The van der Waals surface area contributed by atoms with E-state index in [4.69, 9.17) is 9.47 Å². The number of amides is 1. The summed E-state index contributed by atoms with van der Waals surface area (Å²) in [5.74, 6) is 1.35. The molecule has 1 amide bonds. The molecule has 2 aromatic rings. The van der Waals surface area contributed by atoms with Gasteiger partial charge in [-0.25, -0.2) is 4.98 Å². The summed E-state index contributed by atoms with van der Waals surface area (Å²) in [6, 6.07) is 9.78. The highest BCUT2D eigenvalue weighted by Gasteiger charge is 2.36. The van der Waals surface area contributed by atoms with Gasteiger partial charge in [-0.05, 0) is 18.6 Å². The molecule has 2 N–H and O–H groups in total. The van der Waals surface area contributed by atoms with E-state index >= 15 is 0 Å². The molecule has 1 fully saturated rings. The molecule has 3 aliphatic rings. The topological polar surface area (TPSA) is 75.7 Å². The van der Waals surface area contributed by atoms with Crippen molar-refractivity contribution in [2.24, 2.45) is 0 Å². The third-order valence-electron chi connectivity index (χ3n) is 5.89. The van der Waals surface area contributed by atoms with Crippen molar-refractivity contribution in [2.45, 2.75) is 19.4 Å². The SMILES string of the molecule is CCC1OC(=C2C(=O)Nc3ccccc32)c2cnc(NCCN3CCOCC3)cc21. The van der Waals surface area contributed by atoms with Crippen LogP contribution in [0.15, 0.2) is 36.5 Å². The lowest BCUT2D eigenvalue weighted by Crippen LogP contribution is -2.39. The van der Waals surface area contributed by atoms with Crippen molar-refractivity contribution in [3.05, 3.63) is 53.2 Å². The van der Waals surface area contributed by atoms with E-state index in [9.17, 15) is 4.79 Å². The number of carbonyl (C=O) groups excluding carboxylic acids is 1. The van der Waals surface area contributed by atoms with Crippen LogP contribution in [0.3, 0.4) is 0 Å². The molecule has 1 atom stereocenters. The van der Waals surface area contributed by atoms with Gasteiger partial charge >= 0.3 is 0 Å². The van der Waals surface area contributed by atoms with Gasteiger partial charge < -0.3 is 20.1 Å². The molecule has 0 aliphatic carbocycles. The molecule has 30 heavy (non-hydrogen) atoms. The van der Waals surface area contributed by atoms with E-state index in [1.165, 1.54) is 0 Å². The van der Waals surface area contributed by atoms with E-state index in [-0.39, 0.29) is 12.0 Å². The first-order chi connectivity index (χ1) is 14.7. The Morgan fingerprint density at radius 3 is 2.90 bits per heavy atom. The fourth-order valence-corrected chi connectivity index (χ4v) is 4.30. The molecule has 4 heterocycles. The van der Waals surface area contributed by atoms with E-state index in [0.717, 1.165) is 74.0 Å². The Labute approximate surface area is 176 Å². The molecule has 0 spiro atoms. The first kappa shape index (κ1) is 19.1. The van der Waals surface area contributed by atoms with Crippen LogP contribution in [0, 0.1) is 0 Å². The molecule has 1 aromatic heterocycles. The second-order valence-electron chi connectivity index (χ2n) is 7.76. The molecule has 5 rings (SSSR count). The van der Waals surface area contributed by atoms with Crippen molar-refractivity contribution in [1.82, 2.24) is 9.88 Å². The van der Waals surface area contributed by atoms with Gasteiger partial charge in [0.1, 0.15) is 17.7 Å². The van der Waals surface area contributed by atoms with Crippen molar-refractivity contribution >= 4 is 28.7 Å². The third kappa shape index (κ3) is 3.44. The molecule has 1 unspecified atom stereocenters. The second kappa shape index (κ2) is 8.08. The Kier molecular flexibility index (Phi) is 5.14. The number of ether oxygens (including phenoxy) is 2. The third-order valence-corrected chi connectivity index (χ3v) is 5.89. The summed E-state index contributed by atoms with van der Waals surface area (Å²) in [6.45, 7) is 7.45.